The van der Waals surface area contributed by atoms with Gasteiger partial charge in [-0.2, -0.15) is 5.10 Å². The van der Waals surface area contributed by atoms with Gasteiger partial charge in [0.15, 0.2) is 0 Å². The zero-order valence-electron chi connectivity index (χ0n) is 21.7. The van der Waals surface area contributed by atoms with E-state index in [0.29, 0.717) is 5.84 Å². The van der Waals surface area contributed by atoms with Crippen molar-refractivity contribution in [2.75, 3.05) is 0 Å². The summed E-state index contributed by atoms with van der Waals surface area (Å²) in [5, 5.41) is 10.3. The van der Waals surface area contributed by atoms with Gasteiger partial charge in [0.05, 0.1) is 0 Å². The molecule has 0 fully saturated rings. The van der Waals surface area contributed by atoms with Crippen molar-refractivity contribution in [3.63, 3.8) is 0 Å². The molecular weight excluding hydrogens is 554 g/mol. The molecule has 1 heterocycles. The van der Waals surface area contributed by atoms with Crippen LogP contribution in [0.3, 0.4) is 0 Å². The van der Waals surface area contributed by atoms with E-state index >= 15 is 0 Å². The largest absolute Gasteiger partial charge is 0.431 e. The highest BCUT2D eigenvalue weighted by Gasteiger charge is 2.21. The molecule has 0 unspecified atom stereocenters. The minimum Gasteiger partial charge on any atom is -0.431 e. The molecule has 0 spiro atoms. The average molecular weight is 581 g/mol. The van der Waals surface area contributed by atoms with Crippen molar-refractivity contribution < 1.29 is 4.68 Å². The van der Waals surface area contributed by atoms with Gasteiger partial charge < -0.3 is 5.32 Å². The van der Waals surface area contributed by atoms with E-state index in [2.05, 4.69) is 101 Å². The zero-order valence-corrected chi connectivity index (χ0v) is 23.3. The number of hydrogen-bond acceptors (Lipinski definition) is 1. The Hall–Kier alpha value is -4.80. The number of halogens is 1. The molecule has 0 saturated heterocycles. The molecule has 5 aromatic carbocycles. The smallest absolute Gasteiger partial charge is 0.226 e. The van der Waals surface area contributed by atoms with Gasteiger partial charge in [0.1, 0.15) is 0 Å². The summed E-state index contributed by atoms with van der Waals surface area (Å²) in [7, 11) is 0. The van der Waals surface area contributed by atoms with Crippen LogP contribution in [-0.2, 0) is 0 Å². The second-order valence-electron chi connectivity index (χ2n) is 9.30. The normalized spacial score (nSPS) is 11.3. The molecule has 192 valence electrons. The third-order valence-electron chi connectivity index (χ3n) is 6.58. The second-order valence-corrected chi connectivity index (χ2v) is 10.2. The molecule has 6 aromatic rings. The summed E-state index contributed by atoms with van der Waals surface area (Å²) in [6.07, 6.45) is 0. The maximum absolute atomic E-state index is 5.29. The van der Waals surface area contributed by atoms with Crippen LogP contribution in [0.5, 0.6) is 0 Å². The predicted octanol–water partition coefficient (Wildman–Crippen LogP) is 9.65. The lowest BCUT2D eigenvalue weighted by Gasteiger charge is -2.19. The summed E-state index contributed by atoms with van der Waals surface area (Å²) in [6, 6.07) is 53.8. The van der Waals surface area contributed by atoms with Gasteiger partial charge in [-0.05, 0) is 58.8 Å². The first-order valence-electron chi connectivity index (χ1n) is 13.1. The highest BCUT2D eigenvalue weighted by molar-refractivity contribution is 9.10. The molecule has 0 aliphatic rings. The number of pyridine rings is 1. The molecule has 40 heavy (non-hydrogen) atoms. The molecule has 3 nitrogen and oxygen atoms in total. The minimum absolute atomic E-state index is 0.620. The molecule has 0 aliphatic heterocycles. The Kier molecular flexibility index (Phi) is 7.60. The predicted molar refractivity (Wildman–Crippen MR) is 168 cm³/mol. The molecule has 0 N–H and O–H groups in total. The van der Waals surface area contributed by atoms with Gasteiger partial charge in [-0.1, -0.05) is 125 Å². The van der Waals surface area contributed by atoms with Crippen molar-refractivity contribution in [1.29, 1.82) is 0 Å². The highest BCUT2D eigenvalue weighted by Crippen LogP contribution is 2.30. The topological polar surface area (TPSA) is 30.3 Å². The fourth-order valence-electron chi connectivity index (χ4n) is 4.59. The van der Waals surface area contributed by atoms with Crippen molar-refractivity contribution in [2.45, 2.75) is 0 Å². The molecule has 4 heteroatoms. The van der Waals surface area contributed by atoms with Gasteiger partial charge in [-0.3, -0.25) is 0 Å². The number of nitrogens with zero attached hydrogens (tertiary/aromatic N) is 3. The van der Waals surface area contributed by atoms with E-state index in [1.807, 2.05) is 77.5 Å². The molecule has 0 amide bonds. The van der Waals surface area contributed by atoms with Crippen molar-refractivity contribution in [2.24, 2.45) is 5.10 Å². The van der Waals surface area contributed by atoms with Gasteiger partial charge in [-0.25, -0.2) is 0 Å². The Morgan fingerprint density at radius 1 is 0.500 bits per heavy atom. The third-order valence-corrected chi connectivity index (χ3v) is 7.10. The summed E-state index contributed by atoms with van der Waals surface area (Å²) in [6.45, 7) is 0. The lowest BCUT2D eigenvalue weighted by Crippen LogP contribution is -2.35. The lowest BCUT2D eigenvalue weighted by molar-refractivity contribution is -0.656. The molecule has 0 saturated carbocycles. The standard InChI is InChI=1S/C36H26BrN3/c37-32-21-23-33(24-22-32)38-36(30-19-11-4-12-20-30)39-40-34(28-15-7-2-8-16-28)25-31(27-13-5-1-6-14-27)26-35(40)29-17-9-3-10-18-29/h1-26H. The van der Waals surface area contributed by atoms with Crippen LogP contribution in [0.4, 0.5) is 5.69 Å². The van der Waals surface area contributed by atoms with Gasteiger partial charge in [0.25, 0.3) is 0 Å². The number of amidine groups is 1. The Morgan fingerprint density at radius 3 is 1.45 bits per heavy atom. The van der Waals surface area contributed by atoms with E-state index in [9.17, 15) is 0 Å². The first-order chi connectivity index (χ1) is 19.7. The SMILES string of the molecule is Brc1ccc([N-]C(=N[n+]2c(-c3ccccc3)cc(-c3ccccc3)cc2-c2ccccc2)c2ccccc2)cc1. The maximum atomic E-state index is 5.29. The summed E-state index contributed by atoms with van der Waals surface area (Å²) in [5.74, 6) is 0.620. The Labute approximate surface area is 243 Å². The second kappa shape index (κ2) is 11.9. The van der Waals surface area contributed by atoms with Crippen LogP contribution in [0.25, 0.3) is 39.0 Å². The van der Waals surface area contributed by atoms with E-state index in [1.54, 1.807) is 0 Å². The average Bonchev–Trinajstić information content (AvgIpc) is 3.03. The van der Waals surface area contributed by atoms with Crippen LogP contribution in [0.2, 0.25) is 0 Å². The third kappa shape index (κ3) is 5.78. The van der Waals surface area contributed by atoms with E-state index in [0.717, 1.165) is 49.4 Å². The van der Waals surface area contributed by atoms with Crippen molar-refractivity contribution in [3.8, 4) is 33.6 Å². The fraction of sp³-hybridized carbons (Fsp3) is 0. The number of hydrogen-bond donors (Lipinski definition) is 0. The van der Waals surface area contributed by atoms with E-state index in [4.69, 9.17) is 10.4 Å². The summed E-state index contributed by atoms with van der Waals surface area (Å²) in [5.41, 5.74) is 8.11. The molecule has 0 aliphatic carbocycles. The highest BCUT2D eigenvalue weighted by atomic mass is 79.9. The summed E-state index contributed by atoms with van der Waals surface area (Å²) < 4.78 is 3.04. The Morgan fingerprint density at radius 2 is 0.950 bits per heavy atom. The first kappa shape index (κ1) is 25.5. The molecular formula is C36H26BrN3. The molecule has 0 bridgehead atoms. The quantitative estimate of drug-likeness (QED) is 0.107. The fourth-order valence-corrected chi connectivity index (χ4v) is 4.85. The van der Waals surface area contributed by atoms with Crippen LogP contribution >= 0.6 is 15.9 Å². The van der Waals surface area contributed by atoms with Gasteiger partial charge in [0.2, 0.25) is 11.4 Å². The van der Waals surface area contributed by atoms with Gasteiger partial charge in [-0.15, -0.1) is 4.68 Å². The van der Waals surface area contributed by atoms with Crippen LogP contribution in [-0.4, -0.2) is 5.84 Å². The van der Waals surface area contributed by atoms with Gasteiger partial charge >= 0.3 is 0 Å². The van der Waals surface area contributed by atoms with Crippen LogP contribution in [0, 0.1) is 0 Å². The minimum atomic E-state index is 0.620. The van der Waals surface area contributed by atoms with Crippen molar-refractivity contribution >= 4 is 27.5 Å². The van der Waals surface area contributed by atoms with Gasteiger partial charge in [0, 0.05) is 33.6 Å². The van der Waals surface area contributed by atoms with E-state index < -0.39 is 0 Å². The Bertz CT molecular complexity index is 1670. The number of aromatic nitrogens is 1. The van der Waals surface area contributed by atoms with Crippen LogP contribution in [0.1, 0.15) is 5.56 Å². The zero-order chi connectivity index (χ0) is 27.1. The monoisotopic (exact) mass is 579 g/mol. The number of benzene rings is 5. The van der Waals surface area contributed by atoms with Crippen molar-refractivity contribution in [1.82, 2.24) is 0 Å². The van der Waals surface area contributed by atoms with Crippen molar-refractivity contribution in [3.05, 3.63) is 173 Å². The summed E-state index contributed by atoms with van der Waals surface area (Å²) in [4.78, 5) is 0. The molecule has 6 rings (SSSR count). The van der Waals surface area contributed by atoms with Crippen LogP contribution in [0.15, 0.2) is 167 Å². The summed E-state index contributed by atoms with van der Waals surface area (Å²) >= 11 is 3.53. The number of rotatable bonds is 6. The molecule has 0 atom stereocenters. The first-order valence-corrected chi connectivity index (χ1v) is 13.9. The molecule has 1 aromatic heterocycles. The van der Waals surface area contributed by atoms with Crippen LogP contribution < -0.4 is 4.68 Å². The van der Waals surface area contributed by atoms with E-state index in [1.165, 1.54) is 0 Å². The molecule has 0 radical (unpaired) electrons. The Balaban J connectivity index is 1.64. The maximum Gasteiger partial charge on any atom is 0.226 e. The lowest BCUT2D eigenvalue weighted by atomic mass is 10.00. The van der Waals surface area contributed by atoms with E-state index in [-0.39, 0.29) is 0 Å².